The molecule has 1 amide bonds. The number of likely N-dealkylation sites (tertiary alicyclic amines) is 1. The number of carbonyl (C=O) groups excluding carboxylic acids is 1. The lowest BCUT2D eigenvalue weighted by Crippen LogP contribution is -2.36. The van der Waals surface area contributed by atoms with Crippen LogP contribution < -0.4 is 0 Å². The fourth-order valence-electron chi connectivity index (χ4n) is 2.84. The average molecular weight is 508 g/mol. The van der Waals surface area contributed by atoms with Crippen LogP contribution in [0.15, 0.2) is 60.7 Å². The third-order valence-electron chi connectivity index (χ3n) is 4.30. The topological polar surface area (TPSA) is 81.4 Å². The van der Waals surface area contributed by atoms with Gasteiger partial charge in [-0.15, -0.1) is 0 Å². The zero-order valence-electron chi connectivity index (χ0n) is 15.0. The van der Waals surface area contributed by atoms with Gasteiger partial charge in [0.2, 0.25) is 5.91 Å². The molecule has 2 aromatic carbocycles. The maximum atomic E-state index is 12.2. The van der Waals surface area contributed by atoms with Crippen LogP contribution in [-0.4, -0.2) is 34.5 Å². The summed E-state index contributed by atoms with van der Waals surface area (Å²) < 4.78 is 0. The summed E-state index contributed by atoms with van der Waals surface area (Å²) in [4.78, 5) is 23.4. The van der Waals surface area contributed by atoms with Crippen molar-refractivity contribution in [3.05, 3.63) is 71.8 Å². The number of halogens is 2. The Morgan fingerprint density at radius 2 is 1.50 bits per heavy atom. The lowest BCUT2D eigenvalue weighted by molar-refractivity contribution is -0.136. The summed E-state index contributed by atoms with van der Waals surface area (Å²) in [6, 6.07) is 20.5. The number of hydrogen-bond acceptors (Lipinski definition) is 3. The Morgan fingerprint density at radius 1 is 1.00 bits per heavy atom. The number of nitrogens with zero attached hydrogens (tertiary/aromatic N) is 2. The molecule has 28 heavy (non-hydrogen) atoms. The van der Waals surface area contributed by atoms with Crippen LogP contribution in [0, 0.1) is 11.3 Å². The van der Waals surface area contributed by atoms with Crippen LogP contribution in [0.25, 0.3) is 0 Å². The molecule has 146 valence electrons. The van der Waals surface area contributed by atoms with E-state index in [1.807, 2.05) is 48.5 Å². The van der Waals surface area contributed by atoms with Gasteiger partial charge in [-0.1, -0.05) is 92.5 Å². The summed E-state index contributed by atoms with van der Waals surface area (Å²) in [5, 5.41) is 17.6. The number of carboxylic acid groups (broad SMARTS) is 1. The van der Waals surface area contributed by atoms with Gasteiger partial charge < -0.3 is 10.0 Å². The Bertz CT molecular complexity index is 825. The molecular weight excluding hydrogens is 488 g/mol. The van der Waals surface area contributed by atoms with Crippen molar-refractivity contribution >= 4 is 43.7 Å². The minimum absolute atomic E-state index is 0.0137. The second kappa shape index (κ2) is 11.0. The maximum Gasteiger partial charge on any atom is 0.321 e. The monoisotopic (exact) mass is 506 g/mol. The molecule has 2 aromatic rings. The molecule has 5 nitrogen and oxygen atoms in total. The largest absolute Gasteiger partial charge is 0.480 e. The molecule has 0 aliphatic carbocycles. The molecule has 0 spiro atoms. The zero-order chi connectivity index (χ0) is 20.5. The van der Waals surface area contributed by atoms with Crippen molar-refractivity contribution < 1.29 is 14.7 Å². The van der Waals surface area contributed by atoms with E-state index in [4.69, 9.17) is 10.4 Å². The first-order valence-corrected chi connectivity index (χ1v) is 10.6. The van der Waals surface area contributed by atoms with E-state index in [9.17, 15) is 9.59 Å². The second-order valence-corrected chi connectivity index (χ2v) is 8.03. The molecule has 3 rings (SSSR count). The Hall–Kier alpha value is -2.17. The van der Waals surface area contributed by atoms with Crippen molar-refractivity contribution in [3.8, 4) is 6.07 Å². The highest BCUT2D eigenvalue weighted by Crippen LogP contribution is 2.28. The number of aliphatic carboxylic acids is 1. The highest BCUT2D eigenvalue weighted by molar-refractivity contribution is 9.09. The Labute approximate surface area is 181 Å². The Balaban J connectivity index is 0.000000221. The van der Waals surface area contributed by atoms with Gasteiger partial charge in [0.15, 0.2) is 0 Å². The van der Waals surface area contributed by atoms with Crippen LogP contribution in [0.4, 0.5) is 0 Å². The van der Waals surface area contributed by atoms with E-state index in [2.05, 4.69) is 37.9 Å². The smallest absolute Gasteiger partial charge is 0.321 e. The van der Waals surface area contributed by atoms with Crippen molar-refractivity contribution in [1.29, 1.82) is 5.26 Å². The van der Waals surface area contributed by atoms with Gasteiger partial charge in [0.1, 0.15) is 15.7 Å². The molecule has 0 aromatic heterocycles. The number of alkyl halides is 2. The van der Waals surface area contributed by atoms with Crippen molar-refractivity contribution in [2.24, 2.45) is 0 Å². The summed E-state index contributed by atoms with van der Waals surface area (Å²) in [5.41, 5.74) is 1.70. The molecule has 1 fully saturated rings. The van der Waals surface area contributed by atoms with Gasteiger partial charge in [0, 0.05) is 6.54 Å². The average Bonchev–Trinajstić information content (AvgIpc) is 3.22. The van der Waals surface area contributed by atoms with Crippen molar-refractivity contribution in [3.63, 3.8) is 0 Å². The minimum atomic E-state index is -0.865. The molecule has 1 aliphatic heterocycles. The summed E-state index contributed by atoms with van der Waals surface area (Å²) in [7, 11) is 0. The third kappa shape index (κ3) is 5.91. The minimum Gasteiger partial charge on any atom is -0.480 e. The first kappa shape index (κ1) is 22.1. The molecule has 1 heterocycles. The van der Waals surface area contributed by atoms with E-state index in [0.29, 0.717) is 6.54 Å². The summed E-state index contributed by atoms with van der Waals surface area (Å²) in [5.74, 6) is -0.878. The normalized spacial score (nSPS) is 17.6. The second-order valence-electron chi connectivity index (χ2n) is 6.20. The highest BCUT2D eigenvalue weighted by Gasteiger charge is 2.32. The molecule has 1 N–H and O–H groups in total. The lowest BCUT2D eigenvalue weighted by atomic mass is 10.1. The number of carboxylic acids is 1. The van der Waals surface area contributed by atoms with Gasteiger partial charge in [0.05, 0.1) is 6.07 Å². The fraction of sp³-hybridized carbons (Fsp3) is 0.286. The molecule has 7 heteroatoms. The number of benzene rings is 2. The van der Waals surface area contributed by atoms with Crippen LogP contribution in [0.5, 0.6) is 0 Å². The van der Waals surface area contributed by atoms with E-state index in [-0.39, 0.29) is 16.8 Å². The maximum absolute atomic E-state index is 12.2. The van der Waals surface area contributed by atoms with E-state index < -0.39 is 10.8 Å². The summed E-state index contributed by atoms with van der Waals surface area (Å²) in [6.07, 6.45) is 1.70. The molecule has 3 atom stereocenters. The van der Waals surface area contributed by atoms with Crippen LogP contribution in [0.1, 0.15) is 33.6 Å². The molecule has 0 bridgehead atoms. The number of rotatable bonds is 4. The third-order valence-corrected chi connectivity index (χ3v) is 6.14. The fourth-order valence-corrected chi connectivity index (χ4v) is 3.71. The van der Waals surface area contributed by atoms with Gasteiger partial charge in [-0.05, 0) is 24.0 Å². The van der Waals surface area contributed by atoms with Crippen molar-refractivity contribution in [2.45, 2.75) is 28.5 Å². The first-order valence-electron chi connectivity index (χ1n) is 8.76. The molecule has 1 saturated heterocycles. The quantitative estimate of drug-likeness (QED) is 0.600. The number of carbonyl (C=O) groups is 2. The predicted molar refractivity (Wildman–Crippen MR) is 114 cm³/mol. The van der Waals surface area contributed by atoms with Crippen LogP contribution in [-0.2, 0) is 9.59 Å². The summed E-state index contributed by atoms with van der Waals surface area (Å²) >= 11 is 6.47. The molecule has 1 aliphatic rings. The zero-order valence-corrected chi connectivity index (χ0v) is 18.2. The van der Waals surface area contributed by atoms with Gasteiger partial charge in [0.25, 0.3) is 0 Å². The van der Waals surface area contributed by atoms with Crippen LogP contribution >= 0.6 is 31.9 Å². The van der Waals surface area contributed by atoms with Gasteiger partial charge in [-0.3, -0.25) is 9.59 Å². The molecule has 2 unspecified atom stereocenters. The SMILES string of the molecule is N#C[C@@H]1CCCN1C(=O)C(Br)c1ccccc1.O=C(O)C(Br)c1ccccc1. The lowest BCUT2D eigenvalue weighted by Gasteiger charge is -2.22. The van der Waals surface area contributed by atoms with E-state index >= 15 is 0 Å². The predicted octanol–water partition coefficient (Wildman–Crippen LogP) is 4.84. The van der Waals surface area contributed by atoms with Gasteiger partial charge in [-0.2, -0.15) is 5.26 Å². The van der Waals surface area contributed by atoms with Gasteiger partial charge >= 0.3 is 5.97 Å². The Morgan fingerprint density at radius 3 is 1.96 bits per heavy atom. The van der Waals surface area contributed by atoms with Crippen molar-refractivity contribution in [2.75, 3.05) is 6.54 Å². The van der Waals surface area contributed by atoms with E-state index in [1.54, 1.807) is 17.0 Å². The standard InChI is InChI=1S/C13H13BrN2O.C8H7BrO2/c14-12(10-5-2-1-3-6-10)13(17)16-8-4-7-11(16)9-15;9-7(8(10)11)6-4-2-1-3-5-6/h1-3,5-6,11-12H,4,7-8H2;1-5,7H,(H,10,11)/t11-,12?;/m0./s1. The molecule has 0 radical (unpaired) electrons. The van der Waals surface area contributed by atoms with E-state index in [1.165, 1.54) is 0 Å². The number of nitriles is 1. The highest BCUT2D eigenvalue weighted by atomic mass is 79.9. The number of hydrogen-bond donors (Lipinski definition) is 1. The first-order chi connectivity index (χ1) is 13.5. The van der Waals surface area contributed by atoms with Crippen LogP contribution in [0.3, 0.4) is 0 Å². The van der Waals surface area contributed by atoms with Gasteiger partial charge in [-0.25, -0.2) is 0 Å². The Kier molecular flexibility index (Phi) is 8.68. The van der Waals surface area contributed by atoms with Crippen molar-refractivity contribution in [1.82, 2.24) is 4.90 Å². The molecule has 0 saturated carbocycles. The van der Waals surface area contributed by atoms with Crippen LogP contribution in [0.2, 0.25) is 0 Å². The number of amides is 1. The molecular formula is C21H20Br2N2O3. The summed E-state index contributed by atoms with van der Waals surface area (Å²) in [6.45, 7) is 0.687. The van der Waals surface area contributed by atoms with E-state index in [0.717, 1.165) is 24.0 Å².